The number of ether oxygens (including phenoxy) is 1. The molecule has 0 aliphatic heterocycles. The van der Waals surface area contributed by atoms with Gasteiger partial charge in [0.25, 0.3) is 0 Å². The number of methoxy groups -OCH3 is 1. The van der Waals surface area contributed by atoms with Crippen LogP contribution in [0.4, 0.5) is 5.82 Å². The Bertz CT molecular complexity index is 859. The summed E-state index contributed by atoms with van der Waals surface area (Å²) >= 11 is 3.60. The molecular weight excluding hydrogens is 364 g/mol. The van der Waals surface area contributed by atoms with Crippen LogP contribution in [0.5, 0.6) is 5.75 Å². The van der Waals surface area contributed by atoms with Gasteiger partial charge in [-0.25, -0.2) is 4.98 Å². The molecule has 122 valence electrons. The maximum Gasteiger partial charge on any atom is 0.141 e. The smallest absolute Gasteiger partial charge is 0.141 e. The summed E-state index contributed by atoms with van der Waals surface area (Å²) in [5.41, 5.74) is 3.37. The monoisotopic (exact) mass is 382 g/mol. The molecule has 0 fully saturated rings. The maximum absolute atomic E-state index is 5.18. The molecule has 3 aromatic rings. The lowest BCUT2D eigenvalue weighted by atomic mass is 10.1. The van der Waals surface area contributed by atoms with Gasteiger partial charge in [-0.05, 0) is 57.7 Å². The highest BCUT2D eigenvalue weighted by Gasteiger charge is 2.06. The number of hydrogen-bond donors (Lipinski definition) is 1. The van der Waals surface area contributed by atoms with Gasteiger partial charge in [0.15, 0.2) is 0 Å². The first kappa shape index (κ1) is 16.5. The molecule has 0 aliphatic carbocycles. The number of allylic oxidation sites excluding steroid dienone is 1. The van der Waals surface area contributed by atoms with Crippen LogP contribution >= 0.6 is 15.9 Å². The molecule has 0 aliphatic rings. The van der Waals surface area contributed by atoms with Crippen molar-refractivity contribution in [2.45, 2.75) is 13.0 Å². The second kappa shape index (κ2) is 7.49. The van der Waals surface area contributed by atoms with Crippen molar-refractivity contribution in [3.63, 3.8) is 0 Å². The molecule has 0 saturated heterocycles. The van der Waals surface area contributed by atoms with Gasteiger partial charge >= 0.3 is 0 Å². The fourth-order valence-electron chi connectivity index (χ4n) is 2.53. The lowest BCUT2D eigenvalue weighted by Gasteiger charge is -2.10. The molecule has 3 nitrogen and oxygen atoms in total. The number of benzene rings is 2. The van der Waals surface area contributed by atoms with E-state index in [-0.39, 0.29) is 0 Å². The summed E-state index contributed by atoms with van der Waals surface area (Å²) in [5, 5.41) is 4.51. The topological polar surface area (TPSA) is 34.1 Å². The molecule has 1 N–H and O–H groups in total. The third kappa shape index (κ3) is 3.77. The quantitative estimate of drug-likeness (QED) is 0.583. The minimum Gasteiger partial charge on any atom is -0.497 e. The molecule has 2 aromatic carbocycles. The Balaban J connectivity index is 1.81. The Morgan fingerprint density at radius 3 is 2.58 bits per heavy atom. The molecule has 0 bridgehead atoms. The van der Waals surface area contributed by atoms with Gasteiger partial charge in [0.2, 0.25) is 0 Å². The summed E-state index contributed by atoms with van der Waals surface area (Å²) in [6, 6.07) is 16.4. The Kier molecular flexibility index (Phi) is 5.16. The van der Waals surface area contributed by atoms with Crippen LogP contribution in [-0.4, -0.2) is 12.1 Å². The number of anilines is 1. The molecule has 0 unspecified atom stereocenters. The lowest BCUT2D eigenvalue weighted by molar-refractivity contribution is 0.414. The van der Waals surface area contributed by atoms with Gasteiger partial charge in [-0.3, -0.25) is 0 Å². The van der Waals surface area contributed by atoms with Crippen molar-refractivity contribution in [2.24, 2.45) is 0 Å². The Hall–Kier alpha value is -2.33. The van der Waals surface area contributed by atoms with Crippen molar-refractivity contribution >= 4 is 32.7 Å². The van der Waals surface area contributed by atoms with Crippen LogP contribution in [-0.2, 0) is 13.0 Å². The number of aromatic nitrogens is 1. The summed E-state index contributed by atoms with van der Waals surface area (Å²) in [6.45, 7) is 4.50. The van der Waals surface area contributed by atoms with Crippen LogP contribution in [0.25, 0.3) is 10.9 Å². The predicted molar refractivity (Wildman–Crippen MR) is 104 cm³/mol. The third-order valence-electron chi connectivity index (χ3n) is 3.83. The Labute approximate surface area is 150 Å². The van der Waals surface area contributed by atoms with Crippen molar-refractivity contribution in [1.82, 2.24) is 4.98 Å². The second-order valence-corrected chi connectivity index (χ2v) is 6.39. The number of rotatable bonds is 6. The number of nitrogens with zero attached hydrogens (tertiary/aromatic N) is 1. The lowest BCUT2D eigenvalue weighted by Crippen LogP contribution is -2.02. The van der Waals surface area contributed by atoms with Crippen molar-refractivity contribution in [3.8, 4) is 5.75 Å². The van der Waals surface area contributed by atoms with Gasteiger partial charge in [0.1, 0.15) is 11.6 Å². The molecule has 24 heavy (non-hydrogen) atoms. The molecule has 4 heteroatoms. The highest BCUT2D eigenvalue weighted by Crippen LogP contribution is 2.26. The number of halogens is 1. The van der Waals surface area contributed by atoms with Crippen molar-refractivity contribution in [3.05, 3.63) is 76.8 Å². The zero-order valence-corrected chi connectivity index (χ0v) is 15.1. The zero-order valence-electron chi connectivity index (χ0n) is 13.6. The average Bonchev–Trinajstić information content (AvgIpc) is 2.61. The van der Waals surface area contributed by atoms with Crippen molar-refractivity contribution < 1.29 is 4.74 Å². The summed E-state index contributed by atoms with van der Waals surface area (Å²) in [7, 11) is 1.67. The van der Waals surface area contributed by atoms with E-state index in [1.165, 1.54) is 11.1 Å². The number of hydrogen-bond acceptors (Lipinski definition) is 3. The van der Waals surface area contributed by atoms with Gasteiger partial charge in [-0.1, -0.05) is 30.3 Å². The molecule has 3 rings (SSSR count). The standard InChI is InChI=1S/C20H19BrN2O/c1-3-4-14-5-8-16-12-18(21)20(23-19(16)11-14)22-13-15-6-9-17(24-2)10-7-15/h3,5-12H,1,4,13H2,2H3,(H,22,23). The summed E-state index contributed by atoms with van der Waals surface area (Å²) in [4.78, 5) is 4.75. The van der Waals surface area contributed by atoms with Crippen LogP contribution in [0.2, 0.25) is 0 Å². The SMILES string of the molecule is C=CCc1ccc2cc(Br)c(NCc3ccc(OC)cc3)nc2c1. The summed E-state index contributed by atoms with van der Waals surface area (Å²) in [6.07, 6.45) is 2.76. The van der Waals surface area contributed by atoms with E-state index in [1.54, 1.807) is 7.11 Å². The van der Waals surface area contributed by atoms with E-state index in [0.717, 1.165) is 33.4 Å². The number of pyridine rings is 1. The summed E-state index contributed by atoms with van der Waals surface area (Å²) < 4.78 is 6.14. The fourth-order valence-corrected chi connectivity index (χ4v) is 3.01. The minimum absolute atomic E-state index is 0.702. The maximum atomic E-state index is 5.18. The molecule has 0 radical (unpaired) electrons. The number of fused-ring (bicyclic) bond motifs is 1. The van der Waals surface area contributed by atoms with Crippen LogP contribution in [0.15, 0.2) is 65.7 Å². The molecule has 1 heterocycles. The van der Waals surface area contributed by atoms with Gasteiger partial charge < -0.3 is 10.1 Å². The first-order valence-corrected chi connectivity index (χ1v) is 8.56. The molecule has 0 spiro atoms. The van der Waals surface area contributed by atoms with Gasteiger partial charge in [0, 0.05) is 11.9 Å². The Morgan fingerprint density at radius 2 is 1.88 bits per heavy atom. The van der Waals surface area contributed by atoms with Crippen LogP contribution in [0.3, 0.4) is 0 Å². The highest BCUT2D eigenvalue weighted by atomic mass is 79.9. The van der Waals surface area contributed by atoms with E-state index in [1.807, 2.05) is 30.3 Å². The molecular formula is C20H19BrN2O. The van der Waals surface area contributed by atoms with Crippen LogP contribution in [0, 0.1) is 0 Å². The fraction of sp³-hybridized carbons (Fsp3) is 0.150. The van der Waals surface area contributed by atoms with E-state index in [4.69, 9.17) is 9.72 Å². The van der Waals surface area contributed by atoms with Gasteiger partial charge in [-0.2, -0.15) is 0 Å². The van der Waals surface area contributed by atoms with Crippen molar-refractivity contribution in [2.75, 3.05) is 12.4 Å². The highest BCUT2D eigenvalue weighted by molar-refractivity contribution is 9.10. The average molecular weight is 383 g/mol. The van der Waals surface area contributed by atoms with Crippen LogP contribution < -0.4 is 10.1 Å². The molecule has 1 aromatic heterocycles. The van der Waals surface area contributed by atoms with Gasteiger partial charge in [0.05, 0.1) is 17.1 Å². The normalized spacial score (nSPS) is 10.6. The minimum atomic E-state index is 0.702. The van der Waals surface area contributed by atoms with Crippen LogP contribution in [0.1, 0.15) is 11.1 Å². The third-order valence-corrected chi connectivity index (χ3v) is 4.44. The molecule has 0 saturated carbocycles. The van der Waals surface area contributed by atoms with E-state index in [9.17, 15) is 0 Å². The van der Waals surface area contributed by atoms with E-state index >= 15 is 0 Å². The summed E-state index contributed by atoms with van der Waals surface area (Å²) in [5.74, 6) is 1.70. The predicted octanol–water partition coefficient (Wildman–Crippen LogP) is 5.35. The van der Waals surface area contributed by atoms with E-state index < -0.39 is 0 Å². The second-order valence-electron chi connectivity index (χ2n) is 5.54. The number of nitrogens with one attached hydrogen (secondary N) is 1. The molecule has 0 amide bonds. The largest absolute Gasteiger partial charge is 0.497 e. The first-order chi connectivity index (χ1) is 11.7. The molecule has 0 atom stereocenters. The van der Waals surface area contributed by atoms with Crippen molar-refractivity contribution in [1.29, 1.82) is 0 Å². The zero-order chi connectivity index (χ0) is 16.9. The van der Waals surface area contributed by atoms with E-state index in [0.29, 0.717) is 6.54 Å². The van der Waals surface area contributed by atoms with Gasteiger partial charge in [-0.15, -0.1) is 6.58 Å². The van der Waals surface area contributed by atoms with E-state index in [2.05, 4.69) is 52.1 Å². The first-order valence-electron chi connectivity index (χ1n) is 7.76. The Morgan fingerprint density at radius 1 is 1.12 bits per heavy atom.